The van der Waals surface area contributed by atoms with Gasteiger partial charge in [0.25, 0.3) is 5.56 Å². The van der Waals surface area contributed by atoms with Gasteiger partial charge in [0.2, 0.25) is 0 Å². The number of ether oxygens (including phenoxy) is 1. The molecule has 0 unspecified atom stereocenters. The van der Waals surface area contributed by atoms with Crippen LogP contribution < -0.4 is 5.56 Å². The van der Waals surface area contributed by atoms with Gasteiger partial charge < -0.3 is 19.5 Å². The molecule has 4 heterocycles. The lowest BCUT2D eigenvalue weighted by atomic mass is 9.83. The molecule has 2 aliphatic rings. The van der Waals surface area contributed by atoms with E-state index in [1.807, 2.05) is 24.3 Å². The summed E-state index contributed by atoms with van der Waals surface area (Å²) >= 11 is 0. The normalized spacial score (nSPS) is 23.0. The fraction of sp³-hybridized carbons (Fsp3) is 0.273. The molecule has 5 rings (SSSR count). The van der Waals surface area contributed by atoms with Crippen LogP contribution in [0.3, 0.4) is 0 Å². The van der Waals surface area contributed by atoms with Crippen molar-refractivity contribution in [2.75, 3.05) is 0 Å². The second kappa shape index (κ2) is 5.77. The minimum atomic E-state index is -1.64. The van der Waals surface area contributed by atoms with Gasteiger partial charge in [-0.1, -0.05) is 31.7 Å². The lowest BCUT2D eigenvalue weighted by Gasteiger charge is -2.31. The Morgan fingerprint density at radius 2 is 2.14 bits per heavy atom. The first kappa shape index (κ1) is 17.2. The third-order valence-corrected chi connectivity index (χ3v) is 5.94. The predicted octanol–water partition coefficient (Wildman–Crippen LogP) is 2.43. The number of aliphatic hydroxyl groups is 2. The molecule has 0 saturated carbocycles. The second-order valence-corrected chi connectivity index (χ2v) is 7.44. The van der Waals surface area contributed by atoms with E-state index in [0.717, 1.165) is 22.2 Å². The van der Waals surface area contributed by atoms with E-state index in [9.17, 15) is 15.0 Å². The molecule has 0 amide bonds. The molecule has 6 nitrogen and oxygen atoms in total. The van der Waals surface area contributed by atoms with Crippen molar-refractivity contribution in [1.82, 2.24) is 9.55 Å². The van der Waals surface area contributed by atoms with Gasteiger partial charge in [-0.2, -0.15) is 0 Å². The summed E-state index contributed by atoms with van der Waals surface area (Å²) in [5.74, 6) is 0.0645. The van der Waals surface area contributed by atoms with Gasteiger partial charge in [-0.3, -0.25) is 4.79 Å². The highest BCUT2D eigenvalue weighted by molar-refractivity contribution is 5.84. The van der Waals surface area contributed by atoms with Crippen LogP contribution >= 0.6 is 0 Å². The first-order chi connectivity index (χ1) is 13.4. The molecule has 6 heteroatoms. The first-order valence-corrected chi connectivity index (χ1v) is 9.32. The maximum absolute atomic E-state index is 13.3. The number of pyridine rings is 2. The zero-order valence-electron chi connectivity index (χ0n) is 15.5. The quantitative estimate of drug-likeness (QED) is 0.533. The SMILES string of the molecule is C=C1OCc2c(cc3n(c2=O)Cc2cc4ccccc4nc2-3)[C@@](O)(CC)[C@H]1O. The molecular weight excluding hydrogens is 356 g/mol. The summed E-state index contributed by atoms with van der Waals surface area (Å²) in [6.07, 6.45) is -1.10. The Kier molecular flexibility index (Phi) is 3.53. The number of hydrogen-bond acceptors (Lipinski definition) is 5. The highest BCUT2D eigenvalue weighted by Crippen LogP contribution is 2.40. The van der Waals surface area contributed by atoms with Crippen LogP contribution in [0.2, 0.25) is 0 Å². The Labute approximate surface area is 161 Å². The summed E-state index contributed by atoms with van der Waals surface area (Å²) in [5, 5.41) is 22.9. The van der Waals surface area contributed by atoms with Crippen molar-refractivity contribution in [3.05, 3.63) is 75.8 Å². The average molecular weight is 376 g/mol. The van der Waals surface area contributed by atoms with E-state index in [0.29, 0.717) is 23.4 Å². The predicted molar refractivity (Wildman–Crippen MR) is 105 cm³/mol. The monoisotopic (exact) mass is 376 g/mol. The third kappa shape index (κ3) is 2.16. The zero-order chi connectivity index (χ0) is 19.6. The van der Waals surface area contributed by atoms with Crippen LogP contribution in [0.5, 0.6) is 0 Å². The van der Waals surface area contributed by atoms with Crippen molar-refractivity contribution < 1.29 is 14.9 Å². The molecule has 0 bridgehead atoms. The first-order valence-electron chi connectivity index (χ1n) is 9.32. The van der Waals surface area contributed by atoms with Crippen molar-refractivity contribution in [2.45, 2.75) is 38.2 Å². The minimum Gasteiger partial charge on any atom is -0.491 e. The van der Waals surface area contributed by atoms with Crippen LogP contribution in [0.1, 0.15) is 30.0 Å². The van der Waals surface area contributed by atoms with E-state index < -0.39 is 11.7 Å². The van der Waals surface area contributed by atoms with Gasteiger partial charge in [0.1, 0.15) is 24.1 Å². The Hall–Kier alpha value is -2.96. The number of nitrogens with zero attached hydrogens (tertiary/aromatic N) is 2. The fourth-order valence-corrected chi connectivity index (χ4v) is 4.28. The molecule has 1 aromatic carbocycles. The summed E-state index contributed by atoms with van der Waals surface area (Å²) in [4.78, 5) is 18.0. The van der Waals surface area contributed by atoms with Gasteiger partial charge in [0.15, 0.2) is 0 Å². The maximum Gasteiger partial charge on any atom is 0.258 e. The maximum atomic E-state index is 13.3. The Bertz CT molecular complexity index is 1210. The van der Waals surface area contributed by atoms with Gasteiger partial charge in [-0.25, -0.2) is 4.98 Å². The third-order valence-electron chi connectivity index (χ3n) is 5.94. The molecule has 2 atom stereocenters. The van der Waals surface area contributed by atoms with Gasteiger partial charge in [0, 0.05) is 16.5 Å². The standard InChI is InChI=1S/C22H20N2O4/c1-3-22(27)16-9-18-19-14(8-13-6-4-5-7-17(13)23-19)10-24(18)21(26)15(16)11-28-12(2)20(22)25/h4-9,20,25,27H,2-3,10-11H2,1H3/t20-,22-/m0/s1. The highest BCUT2D eigenvalue weighted by Gasteiger charge is 2.44. The van der Waals surface area contributed by atoms with Crippen molar-refractivity contribution in [3.63, 3.8) is 0 Å². The molecule has 0 spiro atoms. The largest absolute Gasteiger partial charge is 0.491 e. The molecule has 3 aromatic rings. The molecule has 0 fully saturated rings. The molecular formula is C22H20N2O4. The lowest BCUT2D eigenvalue weighted by Crippen LogP contribution is -2.41. The smallest absolute Gasteiger partial charge is 0.258 e. The van der Waals surface area contributed by atoms with E-state index in [-0.39, 0.29) is 24.3 Å². The van der Waals surface area contributed by atoms with Crippen LogP contribution in [0.4, 0.5) is 0 Å². The summed E-state index contributed by atoms with van der Waals surface area (Å²) in [6.45, 7) is 5.86. The zero-order valence-corrected chi connectivity index (χ0v) is 15.5. The molecule has 28 heavy (non-hydrogen) atoms. The number of benzene rings is 1. The van der Waals surface area contributed by atoms with Crippen molar-refractivity contribution >= 4 is 10.9 Å². The molecule has 2 N–H and O–H groups in total. The Morgan fingerprint density at radius 3 is 2.93 bits per heavy atom. The van der Waals surface area contributed by atoms with Gasteiger partial charge in [-0.15, -0.1) is 0 Å². The van der Waals surface area contributed by atoms with Crippen molar-refractivity contribution in [1.29, 1.82) is 0 Å². The van der Waals surface area contributed by atoms with E-state index in [4.69, 9.17) is 9.72 Å². The van der Waals surface area contributed by atoms with E-state index in [1.54, 1.807) is 17.6 Å². The van der Waals surface area contributed by atoms with Crippen LogP contribution in [-0.2, 0) is 23.5 Å². The average Bonchev–Trinajstić information content (AvgIpc) is 3.03. The molecule has 142 valence electrons. The molecule has 0 aliphatic carbocycles. The van der Waals surface area contributed by atoms with Gasteiger partial charge in [-0.05, 0) is 24.6 Å². The number of para-hydroxylation sites is 1. The fourth-order valence-electron chi connectivity index (χ4n) is 4.28. The highest BCUT2D eigenvalue weighted by atomic mass is 16.5. The number of aromatic nitrogens is 2. The molecule has 2 aliphatic heterocycles. The van der Waals surface area contributed by atoms with Crippen LogP contribution in [0, 0.1) is 0 Å². The summed E-state index contributed by atoms with van der Waals surface area (Å²) in [7, 11) is 0. The van der Waals surface area contributed by atoms with Crippen LogP contribution in [0.25, 0.3) is 22.3 Å². The van der Waals surface area contributed by atoms with Gasteiger partial charge >= 0.3 is 0 Å². The lowest BCUT2D eigenvalue weighted by molar-refractivity contribution is -0.0808. The van der Waals surface area contributed by atoms with E-state index in [2.05, 4.69) is 12.6 Å². The Balaban J connectivity index is 1.80. The topological polar surface area (TPSA) is 84.6 Å². The van der Waals surface area contributed by atoms with Crippen LogP contribution in [0.15, 0.2) is 53.5 Å². The van der Waals surface area contributed by atoms with Crippen LogP contribution in [-0.4, -0.2) is 25.9 Å². The second-order valence-electron chi connectivity index (χ2n) is 7.44. The molecule has 2 aromatic heterocycles. The molecule has 0 saturated heterocycles. The van der Waals surface area contributed by atoms with Gasteiger partial charge in [0.05, 0.1) is 29.0 Å². The number of rotatable bonds is 1. The Morgan fingerprint density at radius 1 is 1.36 bits per heavy atom. The summed E-state index contributed by atoms with van der Waals surface area (Å²) < 4.78 is 7.15. The number of fused-ring (bicyclic) bond motifs is 5. The van der Waals surface area contributed by atoms with Crippen molar-refractivity contribution in [2.24, 2.45) is 0 Å². The summed E-state index contributed by atoms with van der Waals surface area (Å²) in [5.41, 5.74) is 2.05. The van der Waals surface area contributed by atoms with Crippen molar-refractivity contribution in [3.8, 4) is 11.4 Å². The summed E-state index contributed by atoms with van der Waals surface area (Å²) in [6, 6.07) is 11.6. The number of aliphatic hydroxyl groups excluding tert-OH is 1. The van der Waals surface area contributed by atoms with E-state index in [1.165, 1.54) is 0 Å². The van der Waals surface area contributed by atoms with E-state index >= 15 is 0 Å². The minimum absolute atomic E-state index is 0.0294. The molecule has 0 radical (unpaired) electrons. The number of hydrogen-bond donors (Lipinski definition) is 2.